The zero-order chi connectivity index (χ0) is 22.5. The second kappa shape index (κ2) is 9.74. The van der Waals surface area contributed by atoms with E-state index in [2.05, 4.69) is 25.6 Å². The van der Waals surface area contributed by atoms with E-state index in [0.717, 1.165) is 22.6 Å². The van der Waals surface area contributed by atoms with Crippen molar-refractivity contribution < 1.29 is 4.79 Å². The lowest BCUT2D eigenvalue weighted by Crippen LogP contribution is -2.28. The Kier molecular flexibility index (Phi) is 6.61. The quantitative estimate of drug-likeness (QED) is 0.335. The van der Waals surface area contributed by atoms with E-state index < -0.39 is 0 Å². The summed E-state index contributed by atoms with van der Waals surface area (Å²) >= 11 is 1.46. The van der Waals surface area contributed by atoms with Crippen molar-refractivity contribution in [2.75, 3.05) is 0 Å². The lowest BCUT2D eigenvalue weighted by atomic mass is 10.1. The van der Waals surface area contributed by atoms with Crippen LogP contribution in [-0.2, 0) is 5.75 Å². The molecule has 0 radical (unpaired) electrons. The summed E-state index contributed by atoms with van der Waals surface area (Å²) in [5, 5.41) is 12.2. The Hall–Kier alpha value is -3.52. The van der Waals surface area contributed by atoms with E-state index in [-0.39, 0.29) is 11.9 Å². The van der Waals surface area contributed by atoms with Gasteiger partial charge in [0.1, 0.15) is 0 Å². The van der Waals surface area contributed by atoms with E-state index in [1.54, 1.807) is 4.68 Å². The number of hydrogen-bond donors (Lipinski definition) is 1. The summed E-state index contributed by atoms with van der Waals surface area (Å²) < 4.78 is 1.71. The van der Waals surface area contributed by atoms with Crippen LogP contribution in [0.25, 0.3) is 5.69 Å². The first-order valence-corrected chi connectivity index (χ1v) is 11.3. The molecule has 2 aromatic carbocycles. The minimum atomic E-state index is -0.263. The smallest absolute Gasteiger partial charge is 0.274 e. The first kappa shape index (κ1) is 21.7. The van der Waals surface area contributed by atoms with Gasteiger partial charge in [0.2, 0.25) is 0 Å². The van der Waals surface area contributed by atoms with Gasteiger partial charge in [-0.1, -0.05) is 65.5 Å². The van der Waals surface area contributed by atoms with Crippen LogP contribution in [0.2, 0.25) is 0 Å². The van der Waals surface area contributed by atoms with Crippen molar-refractivity contribution in [1.82, 2.24) is 30.3 Å². The fourth-order valence-corrected chi connectivity index (χ4v) is 4.31. The zero-order valence-electron chi connectivity index (χ0n) is 18.2. The van der Waals surface area contributed by atoms with Crippen molar-refractivity contribution >= 4 is 17.7 Å². The number of aromatic nitrogens is 5. The predicted octanol–water partition coefficient (Wildman–Crippen LogP) is 4.46. The Balaban J connectivity index is 1.63. The van der Waals surface area contributed by atoms with Crippen LogP contribution < -0.4 is 5.32 Å². The summed E-state index contributed by atoms with van der Waals surface area (Å²) in [7, 11) is 0. The Morgan fingerprint density at radius 2 is 1.62 bits per heavy atom. The van der Waals surface area contributed by atoms with Crippen LogP contribution >= 0.6 is 11.8 Å². The fourth-order valence-electron chi connectivity index (χ4n) is 3.37. The Morgan fingerprint density at radius 1 is 1.00 bits per heavy atom. The molecule has 0 saturated heterocycles. The van der Waals surface area contributed by atoms with Gasteiger partial charge in [-0.05, 0) is 44.5 Å². The van der Waals surface area contributed by atoms with E-state index in [1.807, 2.05) is 87.5 Å². The fraction of sp³-hybridized carbons (Fsp3) is 0.208. The molecule has 1 amide bonds. The average Bonchev–Trinajstić information content (AvgIpc) is 3.22. The molecule has 0 bridgehead atoms. The first-order chi connectivity index (χ1) is 15.5. The highest BCUT2D eigenvalue weighted by Gasteiger charge is 2.23. The predicted molar refractivity (Wildman–Crippen MR) is 125 cm³/mol. The summed E-state index contributed by atoms with van der Waals surface area (Å²) in [5.41, 5.74) is 4.67. The van der Waals surface area contributed by atoms with Gasteiger partial charge in [-0.3, -0.25) is 4.79 Å². The highest BCUT2D eigenvalue weighted by Crippen LogP contribution is 2.24. The van der Waals surface area contributed by atoms with Crippen molar-refractivity contribution in [2.24, 2.45) is 0 Å². The zero-order valence-corrected chi connectivity index (χ0v) is 19.0. The molecule has 1 N–H and O–H groups in total. The summed E-state index contributed by atoms with van der Waals surface area (Å²) in [4.78, 5) is 22.1. The molecule has 0 fully saturated rings. The molecule has 0 spiro atoms. The largest absolute Gasteiger partial charge is 0.344 e. The number of carbonyl (C=O) groups is 1. The number of thioether (sulfide) groups is 1. The minimum absolute atomic E-state index is 0.158. The molecule has 7 nitrogen and oxygen atoms in total. The molecule has 4 aromatic rings. The molecule has 1 unspecified atom stereocenters. The maximum Gasteiger partial charge on any atom is 0.274 e. The number of benzene rings is 2. The van der Waals surface area contributed by atoms with Gasteiger partial charge in [-0.15, -0.1) is 5.10 Å². The minimum Gasteiger partial charge on any atom is -0.344 e. The highest BCUT2D eigenvalue weighted by molar-refractivity contribution is 7.98. The average molecular weight is 445 g/mol. The number of amides is 1. The van der Waals surface area contributed by atoms with E-state index in [4.69, 9.17) is 0 Å². The van der Waals surface area contributed by atoms with Gasteiger partial charge in [0.15, 0.2) is 10.9 Å². The number of hydrogen-bond acceptors (Lipinski definition) is 6. The number of para-hydroxylation sites is 1. The van der Waals surface area contributed by atoms with E-state index >= 15 is 0 Å². The van der Waals surface area contributed by atoms with Crippen LogP contribution in [0.3, 0.4) is 0 Å². The van der Waals surface area contributed by atoms with E-state index in [1.165, 1.54) is 11.8 Å². The van der Waals surface area contributed by atoms with Gasteiger partial charge in [0, 0.05) is 17.1 Å². The molecule has 1 atom stereocenters. The van der Waals surface area contributed by atoms with Gasteiger partial charge in [0.05, 0.1) is 17.4 Å². The summed E-state index contributed by atoms with van der Waals surface area (Å²) in [6.07, 6.45) is 0. The highest BCUT2D eigenvalue weighted by atomic mass is 32.2. The third-order valence-corrected chi connectivity index (χ3v) is 5.78. The van der Waals surface area contributed by atoms with Crippen molar-refractivity contribution in [2.45, 2.75) is 37.7 Å². The normalized spacial score (nSPS) is 11.8. The number of nitrogens with zero attached hydrogens (tertiary/aromatic N) is 5. The van der Waals surface area contributed by atoms with Crippen LogP contribution in [0.15, 0.2) is 71.9 Å². The number of carbonyl (C=O) groups excluding carboxylic acids is 1. The number of aryl methyl sites for hydroxylation is 2. The van der Waals surface area contributed by atoms with Crippen LogP contribution in [0.5, 0.6) is 0 Å². The third kappa shape index (κ3) is 5.03. The van der Waals surface area contributed by atoms with Crippen LogP contribution in [-0.4, -0.2) is 30.9 Å². The standard InChI is InChI=1S/C24H24N6OS/c1-16-14-17(2)26-24(25-16)32-15-21-22(28-29-30(21)20-12-8-5-9-13-20)23(31)27-18(3)19-10-6-4-7-11-19/h4-14,18H,15H2,1-3H3,(H,27,31). The Morgan fingerprint density at radius 3 is 2.28 bits per heavy atom. The molecule has 0 saturated carbocycles. The summed E-state index contributed by atoms with van der Waals surface area (Å²) in [5.74, 6) is 0.188. The molecule has 2 heterocycles. The lowest BCUT2D eigenvalue weighted by Gasteiger charge is -2.14. The van der Waals surface area contributed by atoms with Crippen LogP contribution in [0.4, 0.5) is 0 Å². The Bertz CT molecular complexity index is 1190. The lowest BCUT2D eigenvalue weighted by molar-refractivity contribution is 0.0934. The molecule has 4 rings (SSSR count). The maximum absolute atomic E-state index is 13.1. The van der Waals surface area contributed by atoms with Crippen molar-refractivity contribution in [3.63, 3.8) is 0 Å². The molecule has 2 aromatic heterocycles. The number of rotatable bonds is 7. The topological polar surface area (TPSA) is 85.6 Å². The van der Waals surface area contributed by atoms with E-state index in [9.17, 15) is 4.79 Å². The first-order valence-electron chi connectivity index (χ1n) is 10.3. The van der Waals surface area contributed by atoms with Gasteiger partial charge in [-0.25, -0.2) is 14.6 Å². The van der Waals surface area contributed by atoms with Crippen molar-refractivity contribution in [3.8, 4) is 5.69 Å². The number of nitrogens with one attached hydrogen (secondary N) is 1. The molecule has 0 aliphatic carbocycles. The second-order valence-electron chi connectivity index (χ2n) is 7.46. The van der Waals surface area contributed by atoms with Gasteiger partial charge >= 0.3 is 0 Å². The van der Waals surface area contributed by atoms with Crippen LogP contribution in [0.1, 0.15) is 46.1 Å². The SMILES string of the molecule is Cc1cc(C)nc(SCc2c(C(=O)NC(C)c3ccccc3)nnn2-c2ccccc2)n1. The monoisotopic (exact) mass is 444 g/mol. The summed E-state index contributed by atoms with van der Waals surface area (Å²) in [6.45, 7) is 5.84. The van der Waals surface area contributed by atoms with E-state index in [0.29, 0.717) is 22.3 Å². The maximum atomic E-state index is 13.1. The summed E-state index contributed by atoms with van der Waals surface area (Å²) in [6, 6.07) is 21.3. The molecular formula is C24H24N6OS. The van der Waals surface area contributed by atoms with Crippen molar-refractivity contribution in [1.29, 1.82) is 0 Å². The van der Waals surface area contributed by atoms with Crippen LogP contribution in [0, 0.1) is 13.8 Å². The van der Waals surface area contributed by atoms with Crippen molar-refractivity contribution in [3.05, 3.63) is 95.1 Å². The molecule has 32 heavy (non-hydrogen) atoms. The molecular weight excluding hydrogens is 420 g/mol. The Labute approximate surface area is 191 Å². The van der Waals surface area contributed by atoms with Gasteiger partial charge < -0.3 is 5.32 Å². The molecule has 162 valence electrons. The molecule has 0 aliphatic heterocycles. The third-order valence-electron chi connectivity index (χ3n) is 4.93. The van der Waals surface area contributed by atoms with Gasteiger partial charge in [-0.2, -0.15) is 0 Å². The van der Waals surface area contributed by atoms with Gasteiger partial charge in [0.25, 0.3) is 5.91 Å². The molecule has 0 aliphatic rings. The second-order valence-corrected chi connectivity index (χ2v) is 8.40. The molecule has 8 heteroatoms.